The van der Waals surface area contributed by atoms with Crippen molar-refractivity contribution in [2.75, 3.05) is 6.61 Å². The number of nitro benzene ring substituents is 1. The number of esters is 1. The molecule has 0 unspecified atom stereocenters. The average Bonchev–Trinajstić information content (AvgIpc) is 2.82. The van der Waals surface area contributed by atoms with Crippen molar-refractivity contribution in [2.24, 2.45) is 0 Å². The molecule has 0 radical (unpaired) electrons. The number of ether oxygens (including phenoxy) is 1. The van der Waals surface area contributed by atoms with E-state index in [0.717, 1.165) is 11.1 Å². The molecule has 4 rings (SSSR count). The number of aromatic nitrogens is 1. The van der Waals surface area contributed by atoms with Gasteiger partial charge in [-0.1, -0.05) is 41.4 Å². The number of rotatable bonds is 6. The van der Waals surface area contributed by atoms with E-state index in [-0.39, 0.29) is 16.8 Å². The Bertz CT molecular complexity index is 1380. The molecule has 0 spiro atoms. The molecule has 0 saturated heterocycles. The smallest absolute Gasteiger partial charge is 0.339 e. The highest BCUT2D eigenvalue weighted by Crippen LogP contribution is 2.28. The summed E-state index contributed by atoms with van der Waals surface area (Å²) in [6.07, 6.45) is 0. The second-order valence-corrected chi connectivity index (χ2v) is 7.82. The van der Waals surface area contributed by atoms with Crippen molar-refractivity contribution in [1.29, 1.82) is 0 Å². The van der Waals surface area contributed by atoms with Crippen LogP contribution in [0.15, 0.2) is 72.8 Å². The van der Waals surface area contributed by atoms with Crippen molar-refractivity contribution in [3.05, 3.63) is 105 Å². The third-order valence-electron chi connectivity index (χ3n) is 5.07. The minimum Gasteiger partial charge on any atom is -0.454 e. The van der Waals surface area contributed by atoms with Gasteiger partial charge in [0.05, 0.1) is 21.7 Å². The number of non-ortho nitro benzene ring substituents is 1. The molecule has 0 aliphatic heterocycles. The second kappa shape index (κ2) is 9.18. The minimum absolute atomic E-state index is 0.132. The number of aryl methyl sites for hydroxylation is 1. The summed E-state index contributed by atoms with van der Waals surface area (Å²) in [6.45, 7) is 1.46. The van der Waals surface area contributed by atoms with E-state index >= 15 is 0 Å². The summed E-state index contributed by atoms with van der Waals surface area (Å²) in [4.78, 5) is 40.2. The molecular formula is C25H17ClN2O5. The fourth-order valence-corrected chi connectivity index (χ4v) is 3.47. The van der Waals surface area contributed by atoms with Crippen molar-refractivity contribution in [2.45, 2.75) is 6.92 Å². The van der Waals surface area contributed by atoms with Crippen LogP contribution in [0, 0.1) is 17.0 Å². The van der Waals surface area contributed by atoms with Crippen molar-refractivity contribution in [3.8, 4) is 11.3 Å². The van der Waals surface area contributed by atoms with E-state index < -0.39 is 23.3 Å². The van der Waals surface area contributed by atoms with E-state index in [9.17, 15) is 19.7 Å². The monoisotopic (exact) mass is 460 g/mol. The Labute approximate surface area is 193 Å². The highest BCUT2D eigenvalue weighted by molar-refractivity contribution is 6.31. The van der Waals surface area contributed by atoms with E-state index in [4.69, 9.17) is 16.3 Å². The Hall–Kier alpha value is -4.10. The van der Waals surface area contributed by atoms with Crippen LogP contribution >= 0.6 is 11.6 Å². The number of halogens is 1. The molecule has 1 heterocycles. The zero-order chi connectivity index (χ0) is 23.5. The molecule has 0 atom stereocenters. The molecule has 8 heteroatoms. The van der Waals surface area contributed by atoms with Gasteiger partial charge < -0.3 is 4.74 Å². The predicted octanol–water partition coefficient (Wildman–Crippen LogP) is 5.81. The highest BCUT2D eigenvalue weighted by atomic mass is 35.5. The molecule has 33 heavy (non-hydrogen) atoms. The average molecular weight is 461 g/mol. The van der Waals surface area contributed by atoms with Gasteiger partial charge in [0.2, 0.25) is 0 Å². The second-order valence-electron chi connectivity index (χ2n) is 7.39. The lowest BCUT2D eigenvalue weighted by Gasteiger charge is -2.11. The van der Waals surface area contributed by atoms with Crippen LogP contribution in [0.5, 0.6) is 0 Å². The van der Waals surface area contributed by atoms with Crippen LogP contribution in [0.3, 0.4) is 0 Å². The van der Waals surface area contributed by atoms with Gasteiger partial charge in [-0.2, -0.15) is 0 Å². The van der Waals surface area contributed by atoms with Gasteiger partial charge in [-0.15, -0.1) is 0 Å². The molecule has 7 nitrogen and oxygen atoms in total. The number of hydrogen-bond donors (Lipinski definition) is 0. The van der Waals surface area contributed by atoms with Gasteiger partial charge in [-0.25, -0.2) is 9.78 Å². The number of ketones is 1. The van der Waals surface area contributed by atoms with Gasteiger partial charge in [0.1, 0.15) is 0 Å². The summed E-state index contributed by atoms with van der Waals surface area (Å²) in [5.41, 5.74) is 3.37. The number of Topliss-reactive ketones (excluding diaryl/α,β-unsaturated/α-hetero) is 1. The topological polar surface area (TPSA) is 99.4 Å². The van der Waals surface area contributed by atoms with Crippen LogP contribution in [0.25, 0.3) is 22.2 Å². The van der Waals surface area contributed by atoms with E-state index in [1.165, 1.54) is 24.3 Å². The Kier molecular flexibility index (Phi) is 6.15. The molecule has 0 fully saturated rings. The summed E-state index contributed by atoms with van der Waals surface area (Å²) in [5, 5.41) is 11.7. The van der Waals surface area contributed by atoms with Crippen LogP contribution in [0.4, 0.5) is 5.69 Å². The van der Waals surface area contributed by atoms with Gasteiger partial charge in [0.15, 0.2) is 12.4 Å². The molecule has 0 saturated carbocycles. The van der Waals surface area contributed by atoms with Gasteiger partial charge in [-0.3, -0.25) is 14.9 Å². The van der Waals surface area contributed by atoms with Crippen molar-refractivity contribution in [1.82, 2.24) is 4.98 Å². The lowest BCUT2D eigenvalue weighted by molar-refractivity contribution is -0.384. The maximum absolute atomic E-state index is 13.0. The number of pyridine rings is 1. The normalized spacial score (nSPS) is 10.7. The molecule has 1 aromatic heterocycles. The molecular weight excluding hydrogens is 444 g/mol. The highest BCUT2D eigenvalue weighted by Gasteiger charge is 2.18. The van der Waals surface area contributed by atoms with Crippen LogP contribution < -0.4 is 0 Å². The Morgan fingerprint density at radius 2 is 1.70 bits per heavy atom. The van der Waals surface area contributed by atoms with Crippen LogP contribution in [0.2, 0.25) is 5.02 Å². The van der Waals surface area contributed by atoms with E-state index in [2.05, 4.69) is 4.98 Å². The van der Waals surface area contributed by atoms with E-state index in [0.29, 0.717) is 21.6 Å². The number of nitro groups is 1. The van der Waals surface area contributed by atoms with Crippen LogP contribution in [0.1, 0.15) is 26.3 Å². The molecule has 4 aromatic rings. The number of fused-ring (bicyclic) bond motifs is 1. The third-order valence-corrected chi connectivity index (χ3v) is 5.31. The van der Waals surface area contributed by atoms with Gasteiger partial charge >= 0.3 is 5.97 Å². The molecule has 0 bridgehead atoms. The summed E-state index contributed by atoms with van der Waals surface area (Å²) >= 11 is 6.13. The number of hydrogen-bond acceptors (Lipinski definition) is 6. The first-order valence-corrected chi connectivity index (χ1v) is 10.3. The summed E-state index contributed by atoms with van der Waals surface area (Å²) < 4.78 is 5.29. The Morgan fingerprint density at radius 1 is 1.00 bits per heavy atom. The Morgan fingerprint density at radius 3 is 2.36 bits per heavy atom. The molecule has 0 N–H and O–H groups in total. The maximum atomic E-state index is 13.0. The number of carbonyl (C=O) groups excluding carboxylic acids is 2. The molecule has 0 aliphatic rings. The Balaban J connectivity index is 1.62. The first-order valence-electron chi connectivity index (χ1n) is 9.94. The van der Waals surface area contributed by atoms with Crippen LogP contribution in [-0.4, -0.2) is 28.3 Å². The molecule has 0 amide bonds. The van der Waals surface area contributed by atoms with E-state index in [1.807, 2.05) is 31.2 Å². The van der Waals surface area contributed by atoms with Gasteiger partial charge in [-0.05, 0) is 43.3 Å². The molecule has 164 valence electrons. The first-order chi connectivity index (χ1) is 15.8. The largest absolute Gasteiger partial charge is 0.454 e. The van der Waals surface area contributed by atoms with Gasteiger partial charge in [0.25, 0.3) is 5.69 Å². The minimum atomic E-state index is -0.701. The van der Waals surface area contributed by atoms with Crippen molar-refractivity contribution < 1.29 is 19.2 Å². The van der Waals surface area contributed by atoms with Crippen LogP contribution in [-0.2, 0) is 4.74 Å². The number of nitrogens with zero attached hydrogens (tertiary/aromatic N) is 2. The quantitative estimate of drug-likeness (QED) is 0.156. The first kappa shape index (κ1) is 22.1. The zero-order valence-electron chi connectivity index (χ0n) is 17.4. The maximum Gasteiger partial charge on any atom is 0.339 e. The van der Waals surface area contributed by atoms with Crippen molar-refractivity contribution >= 4 is 39.9 Å². The van der Waals surface area contributed by atoms with E-state index in [1.54, 1.807) is 24.3 Å². The standard InChI is InChI=1S/C25H17ClN2O5/c1-15-2-4-16(5-3-15)23-13-21(20-12-18(26)8-11-22(20)27-23)25(30)33-14-24(29)17-6-9-19(10-7-17)28(31)32/h2-13H,14H2,1H3. The summed E-state index contributed by atoms with van der Waals surface area (Å²) in [7, 11) is 0. The molecule has 0 aliphatic carbocycles. The fraction of sp³-hybridized carbons (Fsp3) is 0.0800. The number of carbonyl (C=O) groups is 2. The fourth-order valence-electron chi connectivity index (χ4n) is 3.30. The predicted molar refractivity (Wildman–Crippen MR) is 125 cm³/mol. The molecule has 3 aromatic carbocycles. The lowest BCUT2D eigenvalue weighted by atomic mass is 10.0. The third kappa shape index (κ3) is 4.88. The zero-order valence-corrected chi connectivity index (χ0v) is 18.2. The lowest BCUT2D eigenvalue weighted by Crippen LogP contribution is -2.15. The summed E-state index contributed by atoms with van der Waals surface area (Å²) in [5.74, 6) is -1.18. The summed E-state index contributed by atoms with van der Waals surface area (Å²) in [6, 6.07) is 19.4. The number of benzene rings is 3. The van der Waals surface area contributed by atoms with Gasteiger partial charge in [0, 0.05) is 33.7 Å². The SMILES string of the molecule is Cc1ccc(-c2cc(C(=O)OCC(=O)c3ccc([N+](=O)[O-])cc3)c3cc(Cl)ccc3n2)cc1. The van der Waals surface area contributed by atoms with Crippen molar-refractivity contribution in [3.63, 3.8) is 0 Å².